The Hall–Kier alpha value is -3.48. The van der Waals surface area contributed by atoms with Crippen LogP contribution in [0.4, 0.5) is 0 Å². The zero-order valence-corrected chi connectivity index (χ0v) is 16.3. The maximum Gasteiger partial charge on any atom is 0.329 e. The molecule has 0 atom stereocenters. The molecule has 0 bridgehead atoms. The number of aromatic nitrogens is 2. The molecule has 3 aromatic heterocycles. The van der Waals surface area contributed by atoms with Crippen molar-refractivity contribution in [1.29, 1.82) is 0 Å². The van der Waals surface area contributed by atoms with Crippen LogP contribution in [-0.2, 0) is 31.0 Å². The van der Waals surface area contributed by atoms with Crippen molar-refractivity contribution < 1.29 is 13.6 Å². The first-order valence-electron chi connectivity index (χ1n) is 9.68. The van der Waals surface area contributed by atoms with Gasteiger partial charge in [-0.15, -0.1) is 0 Å². The third-order valence-corrected chi connectivity index (χ3v) is 4.87. The first kappa shape index (κ1) is 18.9. The highest BCUT2D eigenvalue weighted by Gasteiger charge is 2.21. The molecule has 0 spiro atoms. The van der Waals surface area contributed by atoms with E-state index in [-0.39, 0.29) is 18.1 Å². The predicted molar refractivity (Wildman–Crippen MR) is 108 cm³/mol. The van der Waals surface area contributed by atoms with Gasteiger partial charge in [0, 0.05) is 6.54 Å². The van der Waals surface area contributed by atoms with Crippen molar-refractivity contribution in [3.63, 3.8) is 0 Å². The van der Waals surface area contributed by atoms with Gasteiger partial charge in [-0.25, -0.2) is 4.79 Å². The number of carbonyl (C=O) groups excluding carboxylic acids is 1. The summed E-state index contributed by atoms with van der Waals surface area (Å²) in [6.07, 6.45) is 3.99. The summed E-state index contributed by atoms with van der Waals surface area (Å²) in [5, 5.41) is 0. The number of fused-ring (bicyclic) bond motifs is 1. The molecule has 4 aromatic rings. The summed E-state index contributed by atoms with van der Waals surface area (Å²) in [6.45, 7) is 3.20. The molecule has 0 aliphatic rings. The fraction of sp³-hybridized carbons (Fsp3) is 0.273. The molecule has 0 saturated carbocycles. The minimum atomic E-state index is -0.181. The van der Waals surface area contributed by atoms with Gasteiger partial charge in [-0.3, -0.25) is 13.9 Å². The molecule has 3 heterocycles. The van der Waals surface area contributed by atoms with E-state index in [2.05, 4.69) is 0 Å². The van der Waals surface area contributed by atoms with Crippen LogP contribution in [-0.4, -0.2) is 19.9 Å². The Morgan fingerprint density at radius 1 is 0.897 bits per heavy atom. The summed E-state index contributed by atoms with van der Waals surface area (Å²) in [7, 11) is 0. The quantitative estimate of drug-likeness (QED) is 0.458. The van der Waals surface area contributed by atoms with Crippen LogP contribution in [0.25, 0.3) is 11.0 Å². The standard InChI is InChI=1S/C22H23N3O4/c1-2-11-24-19-9-3-4-10-20(19)25(22(24)27)16-21(26)23(14-17-7-5-12-28-17)15-18-8-6-13-29-18/h3-10,12-13H,2,11,14-16H2,1H3. The SMILES string of the molecule is CCCn1c(=O)n(CC(=O)N(Cc2ccco2)Cc2ccco2)c2ccccc21. The first-order chi connectivity index (χ1) is 14.2. The van der Waals surface area contributed by atoms with Crippen molar-refractivity contribution in [3.05, 3.63) is 83.1 Å². The van der Waals surface area contributed by atoms with Gasteiger partial charge in [0.05, 0.1) is 36.6 Å². The molecular weight excluding hydrogens is 370 g/mol. The molecule has 4 rings (SSSR count). The highest BCUT2D eigenvalue weighted by atomic mass is 16.3. The topological polar surface area (TPSA) is 73.5 Å². The van der Waals surface area contributed by atoms with Gasteiger partial charge in [-0.1, -0.05) is 19.1 Å². The molecule has 0 radical (unpaired) electrons. The molecule has 1 aromatic carbocycles. The molecule has 0 unspecified atom stereocenters. The van der Waals surface area contributed by atoms with Crippen molar-refractivity contribution >= 4 is 16.9 Å². The normalized spacial score (nSPS) is 11.2. The van der Waals surface area contributed by atoms with Gasteiger partial charge < -0.3 is 13.7 Å². The predicted octanol–water partition coefficient (Wildman–Crippen LogP) is 3.63. The fourth-order valence-electron chi connectivity index (χ4n) is 3.51. The number of aryl methyl sites for hydroxylation is 1. The van der Waals surface area contributed by atoms with E-state index in [0.717, 1.165) is 17.5 Å². The number of hydrogen-bond donors (Lipinski definition) is 0. The molecule has 0 fully saturated rings. The van der Waals surface area contributed by atoms with Gasteiger partial charge in [0.15, 0.2) is 0 Å². The van der Waals surface area contributed by atoms with E-state index in [0.29, 0.717) is 31.2 Å². The first-order valence-corrected chi connectivity index (χ1v) is 9.68. The van der Waals surface area contributed by atoms with Crippen LogP contribution in [0.2, 0.25) is 0 Å². The summed E-state index contributed by atoms with van der Waals surface area (Å²) in [5.74, 6) is 1.16. The van der Waals surface area contributed by atoms with Crippen molar-refractivity contribution in [2.24, 2.45) is 0 Å². The Labute approximate surface area is 167 Å². The Morgan fingerprint density at radius 2 is 1.48 bits per heavy atom. The smallest absolute Gasteiger partial charge is 0.329 e. The third kappa shape index (κ3) is 3.89. The summed E-state index contributed by atoms with van der Waals surface area (Å²) in [5.41, 5.74) is 1.43. The second-order valence-electron chi connectivity index (χ2n) is 6.92. The van der Waals surface area contributed by atoms with E-state index in [1.54, 1.807) is 38.7 Å². The van der Waals surface area contributed by atoms with E-state index in [4.69, 9.17) is 8.83 Å². The lowest BCUT2D eigenvalue weighted by Gasteiger charge is -2.21. The summed E-state index contributed by atoms with van der Waals surface area (Å²) in [4.78, 5) is 27.8. The fourth-order valence-corrected chi connectivity index (χ4v) is 3.51. The number of imidazole rings is 1. The highest BCUT2D eigenvalue weighted by Crippen LogP contribution is 2.16. The van der Waals surface area contributed by atoms with Crippen molar-refractivity contribution in [1.82, 2.24) is 14.0 Å². The molecule has 0 N–H and O–H groups in total. The van der Waals surface area contributed by atoms with Crippen LogP contribution in [0, 0.1) is 0 Å². The zero-order valence-electron chi connectivity index (χ0n) is 16.3. The number of amides is 1. The highest BCUT2D eigenvalue weighted by molar-refractivity contribution is 5.81. The molecule has 0 saturated heterocycles. The monoisotopic (exact) mass is 393 g/mol. The average molecular weight is 393 g/mol. The Morgan fingerprint density at radius 3 is 2.00 bits per heavy atom. The van der Waals surface area contributed by atoms with Gasteiger partial charge in [0.1, 0.15) is 18.1 Å². The van der Waals surface area contributed by atoms with Crippen LogP contribution < -0.4 is 5.69 Å². The van der Waals surface area contributed by atoms with Gasteiger partial charge in [-0.2, -0.15) is 0 Å². The van der Waals surface area contributed by atoms with E-state index in [1.807, 2.05) is 43.3 Å². The number of carbonyl (C=O) groups is 1. The molecule has 0 aliphatic carbocycles. The molecule has 1 amide bonds. The number of furan rings is 2. The number of rotatable bonds is 8. The number of hydrogen-bond acceptors (Lipinski definition) is 4. The van der Waals surface area contributed by atoms with Crippen molar-refractivity contribution in [2.45, 2.75) is 39.5 Å². The Kier molecular flexibility index (Phi) is 5.37. The Balaban J connectivity index is 1.65. The van der Waals surface area contributed by atoms with Gasteiger partial charge in [-0.05, 0) is 42.8 Å². The molecular formula is C22H23N3O4. The lowest BCUT2D eigenvalue weighted by Crippen LogP contribution is -2.36. The third-order valence-electron chi connectivity index (χ3n) is 4.87. The van der Waals surface area contributed by atoms with Crippen LogP contribution in [0.15, 0.2) is 74.7 Å². The number of para-hydroxylation sites is 2. The van der Waals surface area contributed by atoms with E-state index >= 15 is 0 Å². The van der Waals surface area contributed by atoms with E-state index in [9.17, 15) is 9.59 Å². The van der Waals surface area contributed by atoms with Gasteiger partial charge in [0.2, 0.25) is 5.91 Å². The van der Waals surface area contributed by atoms with Gasteiger partial charge in [0.25, 0.3) is 0 Å². The summed E-state index contributed by atoms with van der Waals surface area (Å²) in [6, 6.07) is 14.8. The summed E-state index contributed by atoms with van der Waals surface area (Å²) >= 11 is 0. The Bertz CT molecular complexity index is 1100. The van der Waals surface area contributed by atoms with Crippen molar-refractivity contribution in [2.75, 3.05) is 0 Å². The second-order valence-corrected chi connectivity index (χ2v) is 6.92. The molecule has 29 heavy (non-hydrogen) atoms. The van der Waals surface area contributed by atoms with Crippen LogP contribution in [0.5, 0.6) is 0 Å². The zero-order chi connectivity index (χ0) is 20.2. The molecule has 150 valence electrons. The number of benzene rings is 1. The molecule has 7 heteroatoms. The van der Waals surface area contributed by atoms with Gasteiger partial charge >= 0.3 is 5.69 Å². The summed E-state index contributed by atoms with van der Waals surface area (Å²) < 4.78 is 14.1. The largest absolute Gasteiger partial charge is 0.467 e. The minimum Gasteiger partial charge on any atom is -0.467 e. The maximum atomic E-state index is 13.2. The second kappa shape index (κ2) is 8.26. The molecule has 7 nitrogen and oxygen atoms in total. The van der Waals surface area contributed by atoms with Crippen LogP contribution in [0.3, 0.4) is 0 Å². The lowest BCUT2D eigenvalue weighted by molar-refractivity contribution is -0.133. The van der Waals surface area contributed by atoms with Crippen molar-refractivity contribution in [3.8, 4) is 0 Å². The maximum absolute atomic E-state index is 13.2. The van der Waals surface area contributed by atoms with Crippen LogP contribution in [0.1, 0.15) is 24.9 Å². The minimum absolute atomic E-state index is 0.0442. The van der Waals surface area contributed by atoms with E-state index < -0.39 is 0 Å². The van der Waals surface area contributed by atoms with Crippen LogP contribution >= 0.6 is 0 Å². The molecule has 0 aliphatic heterocycles. The number of nitrogens with zero attached hydrogens (tertiary/aromatic N) is 3. The average Bonchev–Trinajstić information content (AvgIpc) is 3.47. The van der Waals surface area contributed by atoms with E-state index in [1.165, 1.54) is 0 Å². The lowest BCUT2D eigenvalue weighted by atomic mass is 10.3.